The van der Waals surface area contributed by atoms with Gasteiger partial charge in [-0.3, -0.25) is 14.7 Å². The molecule has 2 amide bonds. The standard InChI is InChI=1S/C14H16N4O3S2/c1-21-8-12(20)15-10(9-5-3-2-4-6-9)7-11(19)16-13-17-18-14(22)23-13/h2-6,10H,7-8H2,1H3,(H,15,20)(H,18,22)(H,16,17,19). The topological polar surface area (TPSA) is 96.1 Å². The average molecular weight is 352 g/mol. The van der Waals surface area contributed by atoms with Crippen LogP contribution in [0.15, 0.2) is 30.3 Å². The lowest BCUT2D eigenvalue weighted by atomic mass is 10.0. The first kappa shape index (κ1) is 17.3. The summed E-state index contributed by atoms with van der Waals surface area (Å²) in [5.41, 5.74) is 0.835. The van der Waals surface area contributed by atoms with E-state index in [4.69, 9.17) is 17.0 Å². The van der Waals surface area contributed by atoms with Crippen LogP contribution in [0, 0.1) is 3.95 Å². The maximum absolute atomic E-state index is 12.2. The Bertz CT molecular complexity index is 714. The van der Waals surface area contributed by atoms with Crippen LogP contribution in [-0.2, 0) is 14.3 Å². The fourth-order valence-electron chi connectivity index (χ4n) is 1.94. The van der Waals surface area contributed by atoms with Crippen molar-refractivity contribution in [2.75, 3.05) is 19.0 Å². The molecule has 23 heavy (non-hydrogen) atoms. The minimum absolute atomic E-state index is 0.0638. The fraction of sp³-hybridized carbons (Fsp3) is 0.286. The largest absolute Gasteiger partial charge is 0.375 e. The first-order chi connectivity index (χ1) is 11.1. The number of nitrogens with one attached hydrogen (secondary N) is 3. The summed E-state index contributed by atoms with van der Waals surface area (Å²) in [5.74, 6) is -0.557. The average Bonchev–Trinajstić information content (AvgIpc) is 2.92. The summed E-state index contributed by atoms with van der Waals surface area (Å²) in [4.78, 5) is 23.9. The van der Waals surface area contributed by atoms with Crippen molar-refractivity contribution in [2.24, 2.45) is 0 Å². The Morgan fingerprint density at radius 1 is 1.35 bits per heavy atom. The van der Waals surface area contributed by atoms with Gasteiger partial charge in [-0.05, 0) is 17.8 Å². The molecule has 1 aromatic heterocycles. The predicted molar refractivity (Wildman–Crippen MR) is 89.7 cm³/mol. The molecule has 0 bridgehead atoms. The van der Waals surface area contributed by atoms with Gasteiger partial charge in [0.1, 0.15) is 6.61 Å². The molecule has 0 aliphatic heterocycles. The lowest BCUT2D eigenvalue weighted by Crippen LogP contribution is -2.33. The molecule has 3 N–H and O–H groups in total. The van der Waals surface area contributed by atoms with E-state index in [2.05, 4.69) is 20.8 Å². The molecule has 0 spiro atoms. The molecular formula is C14H16N4O3S2. The van der Waals surface area contributed by atoms with Crippen LogP contribution in [0.4, 0.5) is 5.13 Å². The van der Waals surface area contributed by atoms with Gasteiger partial charge in [-0.15, -0.1) is 5.10 Å². The summed E-state index contributed by atoms with van der Waals surface area (Å²) < 4.78 is 5.29. The van der Waals surface area contributed by atoms with Gasteiger partial charge in [0, 0.05) is 7.11 Å². The molecule has 1 unspecified atom stereocenters. The lowest BCUT2D eigenvalue weighted by Gasteiger charge is -2.18. The molecule has 1 aromatic carbocycles. The Hall–Kier alpha value is -2.10. The summed E-state index contributed by atoms with van der Waals surface area (Å²) in [5, 5.41) is 12.3. The van der Waals surface area contributed by atoms with Gasteiger partial charge in [-0.25, -0.2) is 0 Å². The molecule has 1 heterocycles. The third-order valence-electron chi connectivity index (χ3n) is 2.89. The molecule has 0 aliphatic rings. The molecule has 0 fully saturated rings. The Balaban J connectivity index is 2.05. The second kappa shape index (κ2) is 8.51. The zero-order valence-electron chi connectivity index (χ0n) is 12.4. The number of carbonyl (C=O) groups excluding carboxylic acids is 2. The third-order valence-corrected chi connectivity index (χ3v) is 3.89. The molecule has 0 radical (unpaired) electrons. The molecule has 7 nitrogen and oxygen atoms in total. The molecule has 122 valence electrons. The van der Waals surface area contributed by atoms with Crippen molar-refractivity contribution in [3.8, 4) is 0 Å². The molecule has 0 saturated carbocycles. The number of H-pyrrole nitrogens is 1. The van der Waals surface area contributed by atoms with Gasteiger partial charge in [0.05, 0.1) is 12.5 Å². The van der Waals surface area contributed by atoms with Crippen LogP contribution in [-0.4, -0.2) is 35.7 Å². The number of benzene rings is 1. The third kappa shape index (κ3) is 5.55. The maximum Gasteiger partial charge on any atom is 0.246 e. The van der Waals surface area contributed by atoms with Gasteiger partial charge in [0.15, 0.2) is 3.95 Å². The number of nitrogens with zero attached hydrogens (tertiary/aromatic N) is 1. The van der Waals surface area contributed by atoms with Gasteiger partial charge < -0.3 is 15.4 Å². The predicted octanol–water partition coefficient (Wildman–Crippen LogP) is 2.03. The van der Waals surface area contributed by atoms with Crippen molar-refractivity contribution in [1.82, 2.24) is 15.5 Å². The minimum atomic E-state index is -0.453. The van der Waals surface area contributed by atoms with Gasteiger partial charge >= 0.3 is 0 Å². The second-order valence-electron chi connectivity index (χ2n) is 4.63. The highest BCUT2D eigenvalue weighted by atomic mass is 32.1. The first-order valence-corrected chi connectivity index (χ1v) is 7.99. The van der Waals surface area contributed by atoms with E-state index < -0.39 is 6.04 Å². The summed E-state index contributed by atoms with van der Waals surface area (Å²) in [6.45, 7) is -0.0638. The summed E-state index contributed by atoms with van der Waals surface area (Å²) in [6.07, 6.45) is 0.0752. The van der Waals surface area contributed by atoms with Crippen LogP contribution < -0.4 is 10.6 Å². The number of amides is 2. The highest BCUT2D eigenvalue weighted by Gasteiger charge is 2.19. The number of methoxy groups -OCH3 is 1. The number of ether oxygens (including phenoxy) is 1. The van der Waals surface area contributed by atoms with E-state index in [1.54, 1.807) is 0 Å². The number of rotatable bonds is 7. The van der Waals surface area contributed by atoms with Gasteiger partial charge in [-0.2, -0.15) is 0 Å². The Labute approximate surface area is 142 Å². The normalized spacial score (nSPS) is 11.7. The van der Waals surface area contributed by atoms with Crippen LogP contribution >= 0.6 is 23.6 Å². The summed E-state index contributed by atoms with van der Waals surface area (Å²) >= 11 is 6.08. The van der Waals surface area contributed by atoms with Crippen LogP contribution in [0.2, 0.25) is 0 Å². The van der Waals surface area contributed by atoms with E-state index >= 15 is 0 Å². The number of carbonyl (C=O) groups is 2. The maximum atomic E-state index is 12.2. The summed E-state index contributed by atoms with van der Waals surface area (Å²) in [7, 11) is 1.44. The molecule has 1 atom stereocenters. The number of aromatic nitrogens is 2. The highest BCUT2D eigenvalue weighted by molar-refractivity contribution is 7.73. The van der Waals surface area contributed by atoms with Crippen LogP contribution in [0.1, 0.15) is 18.0 Å². The number of hydrogen-bond donors (Lipinski definition) is 3. The number of hydrogen-bond acceptors (Lipinski definition) is 6. The Kier molecular flexibility index (Phi) is 6.39. The van der Waals surface area contributed by atoms with E-state index in [1.807, 2.05) is 30.3 Å². The zero-order chi connectivity index (χ0) is 16.7. The highest BCUT2D eigenvalue weighted by Crippen LogP contribution is 2.18. The minimum Gasteiger partial charge on any atom is -0.375 e. The molecular weight excluding hydrogens is 336 g/mol. The van der Waals surface area contributed by atoms with Gasteiger partial charge in [-0.1, -0.05) is 41.7 Å². The van der Waals surface area contributed by atoms with E-state index in [-0.39, 0.29) is 24.8 Å². The van der Waals surface area contributed by atoms with Crippen molar-refractivity contribution in [1.29, 1.82) is 0 Å². The number of aromatic amines is 1. The zero-order valence-corrected chi connectivity index (χ0v) is 14.0. The first-order valence-electron chi connectivity index (χ1n) is 6.77. The van der Waals surface area contributed by atoms with Crippen LogP contribution in [0.25, 0.3) is 0 Å². The van der Waals surface area contributed by atoms with Crippen molar-refractivity contribution in [3.63, 3.8) is 0 Å². The van der Waals surface area contributed by atoms with E-state index in [9.17, 15) is 9.59 Å². The van der Waals surface area contributed by atoms with E-state index in [1.165, 1.54) is 18.4 Å². The monoisotopic (exact) mass is 352 g/mol. The van der Waals surface area contributed by atoms with E-state index in [0.717, 1.165) is 5.56 Å². The SMILES string of the molecule is COCC(=O)NC(CC(=O)Nc1n[nH]c(=S)s1)c1ccccc1. The molecule has 0 saturated heterocycles. The fourth-order valence-corrected chi connectivity index (χ4v) is 2.75. The van der Waals surface area contributed by atoms with Crippen molar-refractivity contribution < 1.29 is 14.3 Å². The van der Waals surface area contributed by atoms with Crippen LogP contribution in [0.3, 0.4) is 0 Å². The van der Waals surface area contributed by atoms with Crippen molar-refractivity contribution >= 4 is 40.5 Å². The van der Waals surface area contributed by atoms with Gasteiger partial charge in [0.25, 0.3) is 0 Å². The quantitative estimate of drug-likeness (QED) is 0.663. The molecule has 9 heteroatoms. The van der Waals surface area contributed by atoms with Crippen molar-refractivity contribution in [3.05, 3.63) is 39.8 Å². The Morgan fingerprint density at radius 2 is 2.09 bits per heavy atom. The molecule has 2 aromatic rings. The number of anilines is 1. The van der Waals surface area contributed by atoms with E-state index in [0.29, 0.717) is 9.09 Å². The van der Waals surface area contributed by atoms with Crippen LogP contribution in [0.5, 0.6) is 0 Å². The Morgan fingerprint density at radius 3 is 2.70 bits per heavy atom. The summed E-state index contributed by atoms with van der Waals surface area (Å²) in [6, 6.07) is 8.82. The second-order valence-corrected chi connectivity index (χ2v) is 6.30. The molecule has 2 rings (SSSR count). The van der Waals surface area contributed by atoms with Crippen molar-refractivity contribution in [2.45, 2.75) is 12.5 Å². The smallest absolute Gasteiger partial charge is 0.246 e. The molecule has 0 aliphatic carbocycles. The lowest BCUT2D eigenvalue weighted by molar-refractivity contribution is -0.125. The van der Waals surface area contributed by atoms with Gasteiger partial charge in [0.2, 0.25) is 16.9 Å².